The highest BCUT2D eigenvalue weighted by molar-refractivity contribution is 5.80. The van der Waals surface area contributed by atoms with Gasteiger partial charge in [-0.15, -0.1) is 0 Å². The standard InChI is InChI=1S/C40H44N2O2/c1-39-26-9-27-40(2,38(43)44-5)37(39)25-18-31-28-35(23-24-36(31)39)42(33-10-7-6-8-11-33)34-21-16-30(17-22-34)13-12-29-14-19-32(20-15-29)41(3)4/h6-8,10-17,19-24,28,37H,9,18,25-27H2,1-5H3/b13-12+/t37-,39-,40-/m1/s1. The molecule has 4 nitrogen and oxygen atoms in total. The molecule has 0 unspecified atom stereocenters. The second-order valence-electron chi connectivity index (χ2n) is 13.2. The third-order valence-corrected chi connectivity index (χ3v) is 10.3. The highest BCUT2D eigenvalue weighted by atomic mass is 16.5. The fourth-order valence-corrected chi connectivity index (χ4v) is 7.93. The number of para-hydroxylation sites is 1. The zero-order valence-electron chi connectivity index (χ0n) is 26.7. The molecule has 0 radical (unpaired) electrons. The summed E-state index contributed by atoms with van der Waals surface area (Å²) in [5.74, 6) is 0.232. The molecule has 0 aliphatic heterocycles. The van der Waals surface area contributed by atoms with Crippen LogP contribution in [0.5, 0.6) is 0 Å². The molecule has 0 N–H and O–H groups in total. The third-order valence-electron chi connectivity index (χ3n) is 10.3. The highest BCUT2D eigenvalue weighted by Crippen LogP contribution is 2.58. The summed E-state index contributed by atoms with van der Waals surface area (Å²) in [6.07, 6.45) is 9.36. The molecule has 0 heterocycles. The highest BCUT2D eigenvalue weighted by Gasteiger charge is 2.55. The molecule has 0 bridgehead atoms. The Morgan fingerprint density at radius 1 is 0.773 bits per heavy atom. The van der Waals surface area contributed by atoms with Crippen molar-refractivity contribution in [2.24, 2.45) is 11.3 Å². The summed E-state index contributed by atoms with van der Waals surface area (Å²) in [6.45, 7) is 4.52. The van der Waals surface area contributed by atoms with E-state index in [1.54, 1.807) is 0 Å². The van der Waals surface area contributed by atoms with E-state index in [0.717, 1.165) is 54.7 Å². The average molecular weight is 585 g/mol. The normalized spacial score (nSPS) is 22.6. The van der Waals surface area contributed by atoms with E-state index in [-0.39, 0.29) is 17.3 Å². The van der Waals surface area contributed by atoms with Crippen LogP contribution < -0.4 is 9.80 Å². The van der Waals surface area contributed by atoms with Crippen molar-refractivity contribution in [1.29, 1.82) is 0 Å². The van der Waals surface area contributed by atoms with Gasteiger partial charge < -0.3 is 14.5 Å². The topological polar surface area (TPSA) is 32.8 Å². The van der Waals surface area contributed by atoms with Gasteiger partial charge in [0.2, 0.25) is 0 Å². The van der Waals surface area contributed by atoms with Crippen molar-refractivity contribution in [3.8, 4) is 0 Å². The van der Waals surface area contributed by atoms with E-state index in [4.69, 9.17) is 4.74 Å². The lowest BCUT2D eigenvalue weighted by Crippen LogP contribution is -2.52. The van der Waals surface area contributed by atoms with Gasteiger partial charge in [-0.3, -0.25) is 4.79 Å². The van der Waals surface area contributed by atoms with Crippen LogP contribution in [0.15, 0.2) is 97.1 Å². The molecule has 2 aliphatic rings. The summed E-state index contributed by atoms with van der Waals surface area (Å²) in [7, 11) is 5.65. The lowest BCUT2D eigenvalue weighted by atomic mass is 9.50. The van der Waals surface area contributed by atoms with Gasteiger partial charge in [0.25, 0.3) is 0 Å². The van der Waals surface area contributed by atoms with Crippen LogP contribution in [0.4, 0.5) is 22.7 Å². The lowest BCUT2D eigenvalue weighted by Gasteiger charge is -2.54. The number of aryl methyl sites for hydroxylation is 1. The van der Waals surface area contributed by atoms with Crippen molar-refractivity contribution < 1.29 is 9.53 Å². The van der Waals surface area contributed by atoms with Crippen molar-refractivity contribution in [2.45, 2.75) is 51.4 Å². The molecule has 2 aliphatic carbocycles. The Bertz CT molecular complexity index is 1640. The molecular formula is C40H44N2O2. The number of carbonyl (C=O) groups is 1. The summed E-state index contributed by atoms with van der Waals surface area (Å²) < 4.78 is 5.33. The van der Waals surface area contributed by atoms with Crippen molar-refractivity contribution in [3.63, 3.8) is 0 Å². The second-order valence-corrected chi connectivity index (χ2v) is 13.2. The number of hydrogen-bond acceptors (Lipinski definition) is 4. The Labute approximate surface area is 263 Å². The smallest absolute Gasteiger partial charge is 0.311 e. The minimum atomic E-state index is -0.431. The molecule has 0 amide bonds. The molecular weight excluding hydrogens is 540 g/mol. The average Bonchev–Trinajstić information content (AvgIpc) is 3.04. The van der Waals surface area contributed by atoms with Crippen LogP contribution in [0.3, 0.4) is 0 Å². The van der Waals surface area contributed by atoms with Crippen LogP contribution in [0.2, 0.25) is 0 Å². The maximum absolute atomic E-state index is 13.0. The quantitative estimate of drug-likeness (QED) is 0.160. The Kier molecular flexibility index (Phi) is 8.11. The summed E-state index contributed by atoms with van der Waals surface area (Å²) >= 11 is 0. The number of carbonyl (C=O) groups excluding carboxylic acids is 1. The lowest BCUT2D eigenvalue weighted by molar-refractivity contribution is -0.161. The number of nitrogens with zero attached hydrogens (tertiary/aromatic N) is 2. The minimum absolute atomic E-state index is 0.0361. The molecule has 0 saturated heterocycles. The van der Waals surface area contributed by atoms with Gasteiger partial charge in [-0.2, -0.15) is 0 Å². The van der Waals surface area contributed by atoms with E-state index in [2.05, 4.69) is 147 Å². The number of methoxy groups -OCH3 is 1. The molecule has 4 aromatic carbocycles. The summed E-state index contributed by atoms with van der Waals surface area (Å²) in [4.78, 5) is 17.5. The first-order valence-corrected chi connectivity index (χ1v) is 15.9. The van der Waals surface area contributed by atoms with Crippen molar-refractivity contribution in [1.82, 2.24) is 0 Å². The monoisotopic (exact) mass is 584 g/mol. The van der Waals surface area contributed by atoms with E-state index >= 15 is 0 Å². The number of esters is 1. The predicted octanol–water partition coefficient (Wildman–Crippen LogP) is 9.58. The fraction of sp³-hybridized carbons (Fsp3) is 0.325. The Morgan fingerprint density at radius 2 is 1.36 bits per heavy atom. The number of hydrogen-bond donors (Lipinski definition) is 0. The Morgan fingerprint density at radius 3 is 1.98 bits per heavy atom. The van der Waals surface area contributed by atoms with E-state index < -0.39 is 5.41 Å². The molecule has 44 heavy (non-hydrogen) atoms. The van der Waals surface area contributed by atoms with Crippen molar-refractivity contribution >= 4 is 40.9 Å². The first kappa shape index (κ1) is 29.7. The maximum atomic E-state index is 13.0. The van der Waals surface area contributed by atoms with Gasteiger partial charge in [0.1, 0.15) is 0 Å². The molecule has 0 aromatic heterocycles. The van der Waals surface area contributed by atoms with Crippen LogP contribution >= 0.6 is 0 Å². The van der Waals surface area contributed by atoms with E-state index in [0.29, 0.717) is 0 Å². The number of ether oxygens (including phenoxy) is 1. The Balaban J connectivity index is 1.31. The van der Waals surface area contributed by atoms with Crippen molar-refractivity contribution in [2.75, 3.05) is 31.0 Å². The van der Waals surface area contributed by atoms with Crippen LogP contribution in [-0.4, -0.2) is 27.2 Å². The number of benzene rings is 4. The zero-order valence-corrected chi connectivity index (χ0v) is 26.7. The second kappa shape index (κ2) is 12.0. The molecule has 6 rings (SSSR count). The number of anilines is 4. The van der Waals surface area contributed by atoms with Gasteiger partial charge in [-0.25, -0.2) is 0 Å². The van der Waals surface area contributed by atoms with E-state index in [1.807, 2.05) is 0 Å². The molecule has 1 saturated carbocycles. The molecule has 1 fully saturated rings. The van der Waals surface area contributed by atoms with Gasteiger partial charge in [0.15, 0.2) is 0 Å². The SMILES string of the molecule is COC(=O)[C@]1(C)CCC[C@]2(C)c3ccc(N(c4ccccc4)c4ccc(/C=C/c5ccc(N(C)C)cc5)cc4)cc3CC[C@@H]12. The molecule has 0 spiro atoms. The zero-order chi connectivity index (χ0) is 30.9. The van der Waals surface area contributed by atoms with Gasteiger partial charge in [-0.1, -0.05) is 74.0 Å². The summed E-state index contributed by atoms with van der Waals surface area (Å²) in [5.41, 5.74) is 9.29. The van der Waals surface area contributed by atoms with Gasteiger partial charge in [0.05, 0.1) is 12.5 Å². The van der Waals surface area contributed by atoms with Gasteiger partial charge in [0, 0.05) is 36.8 Å². The predicted molar refractivity (Wildman–Crippen MR) is 184 cm³/mol. The number of fused-ring (bicyclic) bond motifs is 3. The molecule has 226 valence electrons. The minimum Gasteiger partial charge on any atom is -0.469 e. The van der Waals surface area contributed by atoms with Crippen molar-refractivity contribution in [3.05, 3.63) is 119 Å². The third kappa shape index (κ3) is 5.43. The molecule has 4 heteroatoms. The number of rotatable bonds is 7. The van der Waals surface area contributed by atoms with Crippen LogP contribution in [0, 0.1) is 11.3 Å². The van der Waals surface area contributed by atoms with Gasteiger partial charge in [-0.05, 0) is 115 Å². The van der Waals surface area contributed by atoms with Gasteiger partial charge >= 0.3 is 5.97 Å². The largest absolute Gasteiger partial charge is 0.469 e. The van der Waals surface area contributed by atoms with Crippen LogP contribution in [0.1, 0.15) is 61.8 Å². The van der Waals surface area contributed by atoms with E-state index in [9.17, 15) is 4.79 Å². The molecule has 4 aromatic rings. The first-order chi connectivity index (χ1) is 21.2. The summed E-state index contributed by atoms with van der Waals surface area (Å²) in [6, 6.07) is 35.0. The maximum Gasteiger partial charge on any atom is 0.311 e. The molecule has 3 atom stereocenters. The fourth-order valence-electron chi connectivity index (χ4n) is 7.93. The Hall–Kier alpha value is -4.31. The van der Waals surface area contributed by atoms with E-state index in [1.165, 1.54) is 29.5 Å². The van der Waals surface area contributed by atoms with Crippen LogP contribution in [-0.2, 0) is 21.4 Å². The summed E-state index contributed by atoms with van der Waals surface area (Å²) in [5, 5.41) is 0. The van der Waals surface area contributed by atoms with Crippen LogP contribution in [0.25, 0.3) is 12.2 Å². The first-order valence-electron chi connectivity index (χ1n) is 15.9.